The number of para-hydroxylation sites is 1. The van der Waals surface area contributed by atoms with Crippen LogP contribution in [0.15, 0.2) is 60.7 Å². The normalized spacial score (nSPS) is 18.7. The van der Waals surface area contributed by atoms with Crippen LogP contribution in [-0.4, -0.2) is 10.8 Å². The largest absolute Gasteiger partial charge is 0.441 e. The molecule has 0 saturated carbocycles. The Bertz CT molecular complexity index is 1100. The third-order valence-electron chi connectivity index (χ3n) is 4.68. The van der Waals surface area contributed by atoms with E-state index in [1.54, 1.807) is 18.2 Å². The van der Waals surface area contributed by atoms with Gasteiger partial charge in [0.15, 0.2) is 0 Å². The van der Waals surface area contributed by atoms with Gasteiger partial charge in [-0.25, -0.2) is 0 Å². The lowest BCUT2D eigenvalue weighted by Crippen LogP contribution is -2.31. The lowest BCUT2D eigenvalue weighted by molar-refractivity contribution is -0.385. The van der Waals surface area contributed by atoms with E-state index in [1.165, 1.54) is 6.07 Å². The summed E-state index contributed by atoms with van der Waals surface area (Å²) >= 11 is 0. The zero-order valence-corrected chi connectivity index (χ0v) is 13.5. The Morgan fingerprint density at radius 3 is 2.54 bits per heavy atom. The first-order chi connectivity index (χ1) is 12.6. The number of rotatable bonds is 2. The van der Waals surface area contributed by atoms with Gasteiger partial charge in [-0.2, -0.15) is 5.26 Å². The minimum atomic E-state index is -0.926. The number of hydrogen-bond acceptors (Lipinski definition) is 5. The molecule has 0 aliphatic carbocycles. The minimum absolute atomic E-state index is 0.0634. The number of nitro benzene ring substituents is 1. The summed E-state index contributed by atoms with van der Waals surface area (Å²) < 4.78 is 5.69. The van der Waals surface area contributed by atoms with Crippen molar-refractivity contribution in [1.29, 1.82) is 10.7 Å². The van der Waals surface area contributed by atoms with E-state index in [0.29, 0.717) is 16.9 Å². The second-order valence-electron chi connectivity index (χ2n) is 6.07. The van der Waals surface area contributed by atoms with Gasteiger partial charge in [0, 0.05) is 28.5 Å². The van der Waals surface area contributed by atoms with Gasteiger partial charge >= 0.3 is 0 Å². The smallest absolute Gasteiger partial charge is 0.273 e. The highest BCUT2D eigenvalue weighted by atomic mass is 16.6. The Labute approximate surface area is 148 Å². The van der Waals surface area contributed by atoms with Crippen LogP contribution < -0.4 is 4.74 Å². The third kappa shape index (κ3) is 2.30. The van der Waals surface area contributed by atoms with Crippen LogP contribution in [0.1, 0.15) is 17.0 Å². The van der Waals surface area contributed by atoms with Gasteiger partial charge in [0.2, 0.25) is 5.90 Å². The quantitative estimate of drug-likeness (QED) is 0.551. The van der Waals surface area contributed by atoms with Crippen LogP contribution in [0.3, 0.4) is 0 Å². The number of benzene rings is 3. The molecule has 2 atom stereocenters. The van der Waals surface area contributed by atoms with Gasteiger partial charge in [-0.1, -0.05) is 54.6 Å². The summed E-state index contributed by atoms with van der Waals surface area (Å²) in [5, 5.41) is 31.1. The highest BCUT2D eigenvalue weighted by molar-refractivity contribution is 5.96. The molecule has 26 heavy (non-hydrogen) atoms. The maximum Gasteiger partial charge on any atom is 0.273 e. The van der Waals surface area contributed by atoms with Crippen LogP contribution in [0.25, 0.3) is 10.8 Å². The van der Waals surface area contributed by atoms with E-state index < -0.39 is 16.8 Å². The van der Waals surface area contributed by atoms with Crippen molar-refractivity contribution in [2.75, 3.05) is 0 Å². The van der Waals surface area contributed by atoms with Gasteiger partial charge in [-0.3, -0.25) is 15.5 Å². The summed E-state index contributed by atoms with van der Waals surface area (Å²) in [6, 6.07) is 19.8. The molecule has 4 rings (SSSR count). The van der Waals surface area contributed by atoms with Crippen LogP contribution in [0.5, 0.6) is 5.75 Å². The maximum atomic E-state index is 11.5. The highest BCUT2D eigenvalue weighted by Gasteiger charge is 2.40. The van der Waals surface area contributed by atoms with Crippen molar-refractivity contribution in [3.8, 4) is 11.8 Å². The number of hydrogen-bond donors (Lipinski definition) is 1. The first-order valence-corrected chi connectivity index (χ1v) is 8.02. The fourth-order valence-corrected chi connectivity index (χ4v) is 3.52. The summed E-state index contributed by atoms with van der Waals surface area (Å²) in [7, 11) is 0. The highest BCUT2D eigenvalue weighted by Crippen LogP contribution is 2.47. The number of nitro groups is 1. The zero-order valence-electron chi connectivity index (χ0n) is 13.5. The molecule has 1 aliphatic heterocycles. The van der Waals surface area contributed by atoms with Crippen LogP contribution >= 0.6 is 0 Å². The summed E-state index contributed by atoms with van der Waals surface area (Å²) in [5.41, 5.74) is 1.03. The van der Waals surface area contributed by atoms with Crippen molar-refractivity contribution in [3.05, 3.63) is 81.9 Å². The molecule has 1 aliphatic rings. The van der Waals surface area contributed by atoms with Crippen LogP contribution in [-0.2, 0) is 0 Å². The molecule has 0 spiro atoms. The first kappa shape index (κ1) is 15.8. The predicted octanol–water partition coefficient (Wildman–Crippen LogP) is 4.39. The molecule has 0 amide bonds. The number of ether oxygens (including phenoxy) is 1. The van der Waals surface area contributed by atoms with Crippen molar-refractivity contribution in [3.63, 3.8) is 0 Å². The van der Waals surface area contributed by atoms with Gasteiger partial charge < -0.3 is 4.74 Å². The summed E-state index contributed by atoms with van der Waals surface area (Å²) in [6.07, 6.45) is 0. The summed E-state index contributed by atoms with van der Waals surface area (Å²) in [6.45, 7) is 0. The SMILES string of the molecule is N#CC1C(=N)Oc2c(ccc3ccccc23)C1c1ccccc1[N+](=O)[O-]. The molecule has 1 heterocycles. The first-order valence-electron chi connectivity index (χ1n) is 8.02. The van der Waals surface area contributed by atoms with Crippen LogP contribution in [0, 0.1) is 32.8 Å². The second kappa shape index (κ2) is 5.97. The van der Waals surface area contributed by atoms with E-state index in [4.69, 9.17) is 10.1 Å². The molecule has 0 fully saturated rings. The lowest BCUT2D eigenvalue weighted by Gasteiger charge is -2.30. The summed E-state index contributed by atoms with van der Waals surface area (Å²) in [4.78, 5) is 11.0. The topological polar surface area (TPSA) is 100 Å². The van der Waals surface area contributed by atoms with E-state index in [-0.39, 0.29) is 11.6 Å². The maximum absolute atomic E-state index is 11.5. The standard InChI is InChI=1S/C20H13N3O3/c21-11-16-18(14-7-3-4-8-17(14)23(24)25)15-10-9-12-5-1-2-6-13(12)19(15)26-20(16)22/h1-10,16,18,22H. The average Bonchev–Trinajstić information content (AvgIpc) is 2.66. The van der Waals surface area contributed by atoms with Crippen molar-refractivity contribution < 1.29 is 9.66 Å². The van der Waals surface area contributed by atoms with Crippen molar-refractivity contribution in [2.45, 2.75) is 5.92 Å². The molecule has 0 aromatic heterocycles. The molecular formula is C20H13N3O3. The lowest BCUT2D eigenvalue weighted by atomic mass is 9.78. The monoisotopic (exact) mass is 343 g/mol. The molecule has 0 radical (unpaired) electrons. The zero-order chi connectivity index (χ0) is 18.3. The number of fused-ring (bicyclic) bond motifs is 3. The van der Waals surface area contributed by atoms with Gasteiger partial charge in [0.25, 0.3) is 5.69 Å². The molecule has 6 nitrogen and oxygen atoms in total. The van der Waals surface area contributed by atoms with Crippen molar-refractivity contribution in [2.24, 2.45) is 5.92 Å². The Morgan fingerprint density at radius 1 is 1.04 bits per heavy atom. The molecule has 3 aromatic carbocycles. The molecular weight excluding hydrogens is 330 g/mol. The second-order valence-corrected chi connectivity index (χ2v) is 6.07. The minimum Gasteiger partial charge on any atom is -0.441 e. The Balaban J connectivity index is 2.03. The third-order valence-corrected chi connectivity index (χ3v) is 4.68. The van der Waals surface area contributed by atoms with E-state index in [9.17, 15) is 15.4 Å². The molecule has 1 N–H and O–H groups in total. The van der Waals surface area contributed by atoms with Gasteiger partial charge in [-0.15, -0.1) is 0 Å². The van der Waals surface area contributed by atoms with Crippen LogP contribution in [0.2, 0.25) is 0 Å². The van der Waals surface area contributed by atoms with Crippen LogP contribution in [0.4, 0.5) is 5.69 Å². The van der Waals surface area contributed by atoms with Crippen molar-refractivity contribution in [1.82, 2.24) is 0 Å². The molecule has 0 bridgehead atoms. The van der Waals surface area contributed by atoms with E-state index >= 15 is 0 Å². The summed E-state index contributed by atoms with van der Waals surface area (Å²) in [5.74, 6) is -1.27. The van der Waals surface area contributed by atoms with E-state index in [0.717, 1.165) is 10.8 Å². The number of nitriles is 1. The number of nitrogens with one attached hydrogen (secondary N) is 1. The molecule has 6 heteroatoms. The van der Waals surface area contributed by atoms with Gasteiger partial charge in [-0.05, 0) is 5.39 Å². The van der Waals surface area contributed by atoms with Gasteiger partial charge in [0.1, 0.15) is 11.7 Å². The fraction of sp³-hybridized carbons (Fsp3) is 0.100. The van der Waals surface area contributed by atoms with Crippen molar-refractivity contribution >= 4 is 22.4 Å². The molecule has 0 saturated heterocycles. The molecule has 126 valence electrons. The van der Waals surface area contributed by atoms with Gasteiger partial charge in [0.05, 0.1) is 11.0 Å². The Kier molecular flexibility index (Phi) is 3.63. The van der Waals surface area contributed by atoms with E-state index in [1.807, 2.05) is 36.4 Å². The number of nitrogens with zero attached hydrogens (tertiary/aromatic N) is 2. The fourth-order valence-electron chi connectivity index (χ4n) is 3.52. The molecule has 3 aromatic rings. The van der Waals surface area contributed by atoms with E-state index in [2.05, 4.69) is 6.07 Å². The Hall–Kier alpha value is -3.72. The predicted molar refractivity (Wildman–Crippen MR) is 96.3 cm³/mol. The molecule has 2 unspecified atom stereocenters. The average molecular weight is 343 g/mol. The Morgan fingerprint density at radius 2 is 1.77 bits per heavy atom.